The first-order valence-corrected chi connectivity index (χ1v) is 16.0. The Balaban J connectivity index is 0.00000231. The van der Waals surface area contributed by atoms with Crippen molar-refractivity contribution >= 4 is 52.7 Å². The molecule has 0 radical (unpaired) electrons. The SMILES string of the molecule is CC1(C)O[C@H]2[C@H](OS(=O)(=O)[O-])[C@@H](c3ccc([C@H]4C=C(Br)[C@H]5OC(C)(C)O[C@H]5[C@@H]4OS(=O)(=O)[O-])[nH]3)C=C(Br)[C@H]2O1.[Na+].[Na+]. The van der Waals surface area contributed by atoms with Crippen LogP contribution >= 0.6 is 31.9 Å². The van der Waals surface area contributed by atoms with Crippen molar-refractivity contribution in [3.63, 3.8) is 0 Å². The normalized spacial score (nSPS) is 35.8. The van der Waals surface area contributed by atoms with Gasteiger partial charge in [-0.2, -0.15) is 0 Å². The van der Waals surface area contributed by atoms with Crippen LogP contribution in [0.2, 0.25) is 0 Å². The molecule has 41 heavy (non-hydrogen) atoms. The van der Waals surface area contributed by atoms with Crippen LogP contribution in [-0.2, 0) is 48.1 Å². The van der Waals surface area contributed by atoms with Crippen LogP contribution in [0.5, 0.6) is 0 Å². The van der Waals surface area contributed by atoms with E-state index in [1.165, 1.54) is 0 Å². The van der Waals surface area contributed by atoms with Crippen molar-refractivity contribution in [2.24, 2.45) is 0 Å². The number of ether oxygens (including phenoxy) is 4. The summed E-state index contributed by atoms with van der Waals surface area (Å²) in [4.78, 5) is 3.15. The molecule has 2 fully saturated rings. The van der Waals surface area contributed by atoms with Gasteiger partial charge in [-0.1, -0.05) is 44.0 Å². The second-order valence-electron chi connectivity index (χ2n) is 10.5. The molecule has 218 valence electrons. The molecule has 0 spiro atoms. The molecule has 19 heteroatoms. The summed E-state index contributed by atoms with van der Waals surface area (Å²) < 4.78 is 105. The van der Waals surface area contributed by atoms with Crippen molar-refractivity contribution in [1.29, 1.82) is 0 Å². The second-order valence-corrected chi connectivity index (χ2v) is 14.4. The molecule has 13 nitrogen and oxygen atoms in total. The van der Waals surface area contributed by atoms with Crippen molar-refractivity contribution in [3.05, 3.63) is 44.6 Å². The summed E-state index contributed by atoms with van der Waals surface area (Å²) in [6, 6.07) is 3.25. The predicted molar refractivity (Wildman–Crippen MR) is 137 cm³/mol. The molecule has 8 atom stereocenters. The Kier molecular flexibility index (Phi) is 11.5. The number of hydrogen-bond acceptors (Lipinski definition) is 12. The van der Waals surface area contributed by atoms with Gasteiger partial charge in [-0.25, -0.2) is 16.8 Å². The van der Waals surface area contributed by atoms with Crippen LogP contribution in [-0.4, -0.2) is 79.1 Å². The van der Waals surface area contributed by atoms with Gasteiger partial charge in [-0.05, 0) is 39.8 Å². The van der Waals surface area contributed by atoms with E-state index >= 15 is 0 Å². The molecular weight excluding hydrogens is 740 g/mol. The van der Waals surface area contributed by atoms with Gasteiger partial charge in [0.2, 0.25) is 20.8 Å². The van der Waals surface area contributed by atoms with Crippen LogP contribution in [0.15, 0.2) is 33.2 Å². The third-order valence-corrected chi connectivity index (χ3v) is 9.09. The van der Waals surface area contributed by atoms with E-state index in [0.29, 0.717) is 20.4 Å². The molecule has 2 saturated heterocycles. The van der Waals surface area contributed by atoms with Gasteiger partial charge in [-0.15, -0.1) is 0 Å². The Hall–Kier alpha value is 1.30. The molecule has 2 aliphatic heterocycles. The molecule has 3 heterocycles. The predicted octanol–water partition coefficient (Wildman–Crippen LogP) is -3.49. The topological polar surface area (TPSA) is 186 Å². The maximum Gasteiger partial charge on any atom is 1.00 e. The van der Waals surface area contributed by atoms with Crippen molar-refractivity contribution < 1.29 is 112 Å². The Bertz CT molecular complexity index is 1330. The molecular formula is C22H25Br2NNa2O12S2. The minimum atomic E-state index is -5.14. The summed E-state index contributed by atoms with van der Waals surface area (Å²) in [6.07, 6.45) is -2.60. The van der Waals surface area contributed by atoms with Crippen LogP contribution in [0, 0.1) is 0 Å². The van der Waals surface area contributed by atoms with Gasteiger partial charge < -0.3 is 33.0 Å². The third kappa shape index (κ3) is 8.18. The summed E-state index contributed by atoms with van der Waals surface area (Å²) in [5, 5.41) is 0. The van der Waals surface area contributed by atoms with E-state index in [2.05, 4.69) is 36.8 Å². The zero-order valence-corrected chi connectivity index (χ0v) is 31.7. The van der Waals surface area contributed by atoms with E-state index in [1.807, 2.05) is 0 Å². The number of rotatable bonds is 6. The van der Waals surface area contributed by atoms with Crippen molar-refractivity contribution in [2.45, 2.75) is 87.7 Å². The van der Waals surface area contributed by atoms with Crippen LogP contribution < -0.4 is 59.1 Å². The van der Waals surface area contributed by atoms with E-state index in [4.69, 9.17) is 27.3 Å². The molecule has 0 saturated carbocycles. The van der Waals surface area contributed by atoms with Gasteiger partial charge in [0.05, 0.1) is 0 Å². The Morgan fingerprint density at radius 1 is 0.732 bits per heavy atom. The van der Waals surface area contributed by atoms with Crippen LogP contribution in [0.4, 0.5) is 0 Å². The quantitative estimate of drug-likeness (QED) is 0.172. The van der Waals surface area contributed by atoms with Gasteiger partial charge in [-0.3, -0.25) is 8.37 Å². The zero-order chi connectivity index (χ0) is 28.7. The third-order valence-electron chi connectivity index (χ3n) is 6.74. The molecule has 1 aromatic heterocycles. The number of aromatic amines is 1. The number of fused-ring (bicyclic) bond motifs is 2. The first kappa shape index (κ1) is 36.8. The van der Waals surface area contributed by atoms with Crippen molar-refractivity contribution in [2.75, 3.05) is 0 Å². The average Bonchev–Trinajstić information content (AvgIpc) is 3.45. The van der Waals surface area contributed by atoms with Crippen LogP contribution in [0.25, 0.3) is 0 Å². The number of H-pyrrole nitrogens is 1. The average molecular weight is 765 g/mol. The summed E-state index contributed by atoms with van der Waals surface area (Å²) in [5.41, 5.74) is 0.836. The second kappa shape index (κ2) is 12.8. The van der Waals surface area contributed by atoms with Crippen molar-refractivity contribution in [1.82, 2.24) is 4.98 Å². The fourth-order valence-electron chi connectivity index (χ4n) is 5.47. The molecule has 0 aromatic carbocycles. The van der Waals surface area contributed by atoms with E-state index in [-0.39, 0.29) is 59.1 Å². The number of nitrogens with one attached hydrogen (secondary N) is 1. The largest absolute Gasteiger partial charge is 1.00 e. The van der Waals surface area contributed by atoms with Gasteiger partial charge in [0.25, 0.3) is 0 Å². The Labute approximate surface area is 299 Å². The minimum absolute atomic E-state index is 0. The molecule has 0 amide bonds. The van der Waals surface area contributed by atoms with E-state index in [0.717, 1.165) is 0 Å². The fraction of sp³-hybridized carbons (Fsp3) is 0.636. The number of aromatic nitrogens is 1. The maximum absolute atomic E-state index is 11.7. The molecule has 0 bridgehead atoms. The van der Waals surface area contributed by atoms with E-state index in [1.54, 1.807) is 52.0 Å². The summed E-state index contributed by atoms with van der Waals surface area (Å²) in [7, 11) is -10.3. The first-order valence-electron chi connectivity index (χ1n) is 11.8. The van der Waals surface area contributed by atoms with E-state index in [9.17, 15) is 25.9 Å². The maximum atomic E-state index is 11.7. The smallest absolute Gasteiger partial charge is 0.726 e. The number of hydrogen-bond donors (Lipinski definition) is 1. The van der Waals surface area contributed by atoms with Gasteiger partial charge in [0, 0.05) is 32.2 Å². The molecule has 5 rings (SSSR count). The summed E-state index contributed by atoms with van der Waals surface area (Å²) in [6.45, 7) is 6.60. The molecule has 2 aliphatic carbocycles. The standard InChI is InChI=1S/C22H27Br2NO12S2.2Na/c1-21(2)32-17-11(23)7-9(15(19(17)34-21)36-38(26,27)28)13-5-6-14(25-13)10-8-12(24)18-20(35-22(3,4)33-18)16(10)37-39(29,30)31;;/h5-10,15-20,25H,1-4H3,(H,26,27,28)(H,29,30,31);;/q;2*+1/p-2/t9-,10-,15-,16-,17-,18-,19+,20+;;/m1../s1. The molecule has 1 aromatic rings. The molecule has 1 N–H and O–H groups in total. The molecule has 4 aliphatic rings. The minimum Gasteiger partial charge on any atom is -0.726 e. The van der Waals surface area contributed by atoms with Crippen LogP contribution in [0.3, 0.4) is 0 Å². The van der Waals surface area contributed by atoms with Gasteiger partial charge in [0.1, 0.15) is 36.6 Å². The summed E-state index contributed by atoms with van der Waals surface area (Å²) in [5.74, 6) is -3.81. The Morgan fingerprint density at radius 3 is 1.39 bits per heavy atom. The summed E-state index contributed by atoms with van der Waals surface area (Å²) >= 11 is 6.92. The van der Waals surface area contributed by atoms with Gasteiger partial charge >= 0.3 is 59.1 Å². The monoisotopic (exact) mass is 763 g/mol. The molecule has 0 unspecified atom stereocenters. The first-order chi connectivity index (χ1) is 17.8. The fourth-order valence-corrected chi connectivity index (χ4v) is 7.75. The Morgan fingerprint density at radius 2 is 1.07 bits per heavy atom. The van der Waals surface area contributed by atoms with E-state index < -0.39 is 80.8 Å². The zero-order valence-electron chi connectivity index (χ0n) is 22.9. The van der Waals surface area contributed by atoms with Crippen molar-refractivity contribution in [3.8, 4) is 0 Å². The van der Waals surface area contributed by atoms with Crippen LogP contribution in [0.1, 0.15) is 50.9 Å². The number of halogens is 2. The van der Waals surface area contributed by atoms with Gasteiger partial charge in [0.15, 0.2) is 11.6 Å².